The fourth-order valence-electron chi connectivity index (χ4n) is 4.44. The van der Waals surface area contributed by atoms with E-state index in [0.717, 1.165) is 31.9 Å². The second-order valence-electron chi connectivity index (χ2n) is 10.3. The Labute approximate surface area is 243 Å². The number of nitrogens with one attached hydrogen (secondary N) is 1. The first kappa shape index (κ1) is 30.8. The summed E-state index contributed by atoms with van der Waals surface area (Å²) in [6.45, 7) is 11.5. The second-order valence-corrected chi connectivity index (χ2v) is 11.2. The predicted octanol–water partition coefficient (Wildman–Crippen LogP) is 2.23. The number of benzene rings is 1. The van der Waals surface area contributed by atoms with Gasteiger partial charge in [-0.15, -0.1) is 6.58 Å². The van der Waals surface area contributed by atoms with Crippen LogP contribution in [0.4, 0.5) is 17.3 Å². The van der Waals surface area contributed by atoms with E-state index < -0.39 is 16.0 Å². The van der Waals surface area contributed by atoms with Crippen LogP contribution in [0.2, 0.25) is 0 Å². The SMILES string of the molecule is C=CCn1c(=O)c2cnc(Nc3ccc(N4CCN(C)CC4)cc3)nc2n1-c1cccc(C(C)(C)O)n1.O=S(=O)(O)O. The first-order valence-corrected chi connectivity index (χ1v) is 14.4. The van der Waals surface area contributed by atoms with Crippen molar-refractivity contribution in [2.45, 2.75) is 26.0 Å². The van der Waals surface area contributed by atoms with Crippen LogP contribution in [0.25, 0.3) is 16.9 Å². The number of anilines is 3. The van der Waals surface area contributed by atoms with E-state index in [4.69, 9.17) is 22.5 Å². The second kappa shape index (κ2) is 12.4. The minimum Gasteiger partial charge on any atom is -0.384 e. The summed E-state index contributed by atoms with van der Waals surface area (Å²) in [6.07, 6.45) is 3.17. The number of hydrogen-bond acceptors (Lipinski definition) is 10. The van der Waals surface area contributed by atoms with Crippen molar-refractivity contribution in [2.24, 2.45) is 0 Å². The average Bonchev–Trinajstić information content (AvgIpc) is 3.19. The van der Waals surface area contributed by atoms with E-state index in [1.54, 1.807) is 42.8 Å². The van der Waals surface area contributed by atoms with Crippen molar-refractivity contribution in [2.75, 3.05) is 43.4 Å². The molecule has 0 bridgehead atoms. The van der Waals surface area contributed by atoms with Gasteiger partial charge in [0.2, 0.25) is 5.95 Å². The molecule has 0 saturated carbocycles. The van der Waals surface area contributed by atoms with Crippen LogP contribution in [-0.2, 0) is 22.5 Å². The number of nitrogens with zero attached hydrogens (tertiary/aromatic N) is 7. The lowest BCUT2D eigenvalue weighted by Crippen LogP contribution is -2.44. The van der Waals surface area contributed by atoms with Gasteiger partial charge in [-0.3, -0.25) is 13.9 Å². The number of aromatic nitrogens is 5. The van der Waals surface area contributed by atoms with Crippen LogP contribution in [0.15, 0.2) is 66.1 Å². The Balaban J connectivity index is 0.000000748. The maximum absolute atomic E-state index is 13.2. The molecule has 1 aromatic carbocycles. The number of piperazine rings is 1. The van der Waals surface area contributed by atoms with E-state index in [9.17, 15) is 9.90 Å². The van der Waals surface area contributed by atoms with E-state index in [1.807, 2.05) is 12.1 Å². The van der Waals surface area contributed by atoms with Gasteiger partial charge in [-0.05, 0) is 57.3 Å². The fourth-order valence-corrected chi connectivity index (χ4v) is 4.44. The Morgan fingerprint density at radius 3 is 2.29 bits per heavy atom. The van der Waals surface area contributed by atoms with Gasteiger partial charge in [0.25, 0.3) is 5.56 Å². The maximum Gasteiger partial charge on any atom is 0.394 e. The van der Waals surface area contributed by atoms with Gasteiger partial charge in [0.1, 0.15) is 11.0 Å². The Morgan fingerprint density at radius 2 is 1.69 bits per heavy atom. The summed E-state index contributed by atoms with van der Waals surface area (Å²) in [4.78, 5) is 31.6. The quantitative estimate of drug-likeness (QED) is 0.180. The van der Waals surface area contributed by atoms with Crippen molar-refractivity contribution < 1.29 is 22.6 Å². The minimum atomic E-state index is -4.67. The van der Waals surface area contributed by atoms with Crippen LogP contribution in [0.3, 0.4) is 0 Å². The molecule has 4 heterocycles. The Kier molecular flexibility index (Phi) is 9.08. The molecule has 0 aliphatic carbocycles. The van der Waals surface area contributed by atoms with Gasteiger partial charge in [-0.1, -0.05) is 12.1 Å². The zero-order valence-corrected chi connectivity index (χ0v) is 24.4. The molecule has 0 amide bonds. The monoisotopic (exact) mass is 598 g/mol. The molecule has 14 nitrogen and oxygen atoms in total. The molecule has 5 rings (SSSR count). The van der Waals surface area contributed by atoms with Crippen molar-refractivity contribution in [1.82, 2.24) is 29.2 Å². The van der Waals surface area contributed by atoms with Gasteiger partial charge >= 0.3 is 10.4 Å². The number of rotatable bonds is 7. The molecule has 4 aromatic rings. The van der Waals surface area contributed by atoms with E-state index in [-0.39, 0.29) is 12.1 Å². The van der Waals surface area contributed by atoms with Crippen LogP contribution in [0.1, 0.15) is 19.5 Å². The highest BCUT2D eigenvalue weighted by molar-refractivity contribution is 7.79. The summed E-state index contributed by atoms with van der Waals surface area (Å²) in [5.74, 6) is 0.831. The van der Waals surface area contributed by atoms with Crippen molar-refractivity contribution in [3.63, 3.8) is 0 Å². The molecule has 0 spiro atoms. The standard InChI is InChI=1S/C27H32N8O2.H2O4S/c1-5-13-34-25(36)21-18-28-26(29-19-9-11-20(12-10-19)33-16-14-32(4)15-17-33)31-24(21)35(34)23-8-6-7-22(30-23)27(2,3)37;1-5(2,3)4/h5-12,18,37H,1,13-17H2,2-4H3,(H,28,29,31);(H2,1,2,3,4). The van der Waals surface area contributed by atoms with E-state index in [1.165, 1.54) is 16.6 Å². The molecule has 0 unspecified atom stereocenters. The predicted molar refractivity (Wildman–Crippen MR) is 160 cm³/mol. The highest BCUT2D eigenvalue weighted by atomic mass is 32.3. The number of hydrogen-bond donors (Lipinski definition) is 4. The molecule has 3 aromatic heterocycles. The lowest BCUT2D eigenvalue weighted by molar-refractivity contribution is 0.0738. The van der Waals surface area contributed by atoms with Crippen LogP contribution in [-0.4, -0.2) is 85.1 Å². The van der Waals surface area contributed by atoms with Crippen molar-refractivity contribution in [3.05, 3.63) is 77.4 Å². The largest absolute Gasteiger partial charge is 0.394 e. The van der Waals surface area contributed by atoms with Gasteiger partial charge in [-0.25, -0.2) is 19.3 Å². The Morgan fingerprint density at radius 1 is 1.05 bits per heavy atom. The van der Waals surface area contributed by atoms with Gasteiger partial charge in [0.05, 0.1) is 12.2 Å². The van der Waals surface area contributed by atoms with Gasteiger partial charge < -0.3 is 20.2 Å². The Bertz CT molecular complexity index is 1710. The highest BCUT2D eigenvalue weighted by Gasteiger charge is 2.22. The molecule has 15 heteroatoms. The van der Waals surface area contributed by atoms with E-state index >= 15 is 0 Å². The zero-order valence-electron chi connectivity index (χ0n) is 23.5. The summed E-state index contributed by atoms with van der Waals surface area (Å²) in [5.41, 5.74) is 1.55. The van der Waals surface area contributed by atoms with Gasteiger partial charge in [0.15, 0.2) is 11.5 Å². The van der Waals surface area contributed by atoms with Crippen molar-refractivity contribution in [3.8, 4) is 5.82 Å². The molecule has 224 valence electrons. The van der Waals surface area contributed by atoms with Crippen LogP contribution >= 0.6 is 0 Å². The zero-order chi connectivity index (χ0) is 30.7. The van der Waals surface area contributed by atoms with Crippen molar-refractivity contribution in [1.29, 1.82) is 0 Å². The molecule has 4 N–H and O–H groups in total. The molecule has 1 aliphatic rings. The fraction of sp³-hybridized carbons (Fsp3) is 0.333. The lowest BCUT2D eigenvalue weighted by atomic mass is 10.1. The van der Waals surface area contributed by atoms with Crippen LogP contribution in [0.5, 0.6) is 0 Å². The van der Waals surface area contributed by atoms with Crippen molar-refractivity contribution >= 4 is 38.8 Å². The van der Waals surface area contributed by atoms with Gasteiger partial charge in [0, 0.05) is 43.8 Å². The molecule has 42 heavy (non-hydrogen) atoms. The average molecular weight is 599 g/mol. The smallest absolute Gasteiger partial charge is 0.384 e. The lowest BCUT2D eigenvalue weighted by Gasteiger charge is -2.34. The molecule has 1 saturated heterocycles. The van der Waals surface area contributed by atoms with E-state index in [2.05, 4.69) is 50.8 Å². The third-order valence-corrected chi connectivity index (χ3v) is 6.55. The molecular weight excluding hydrogens is 564 g/mol. The van der Waals surface area contributed by atoms with Crippen LogP contribution in [0, 0.1) is 0 Å². The first-order valence-electron chi connectivity index (χ1n) is 13.0. The summed E-state index contributed by atoms with van der Waals surface area (Å²) >= 11 is 0. The first-order chi connectivity index (χ1) is 19.7. The van der Waals surface area contributed by atoms with E-state index in [0.29, 0.717) is 28.5 Å². The third kappa shape index (κ3) is 7.57. The van der Waals surface area contributed by atoms with Gasteiger partial charge in [-0.2, -0.15) is 13.4 Å². The topological polar surface area (TPSA) is 179 Å². The maximum atomic E-state index is 13.2. The number of pyridine rings is 1. The molecule has 0 atom stereocenters. The summed E-state index contributed by atoms with van der Waals surface area (Å²) < 4.78 is 34.7. The normalized spacial score (nSPS) is 14.4. The third-order valence-electron chi connectivity index (χ3n) is 6.55. The number of likely N-dealkylation sites (N-methyl/N-ethyl adjacent to an activating group) is 1. The number of allylic oxidation sites excluding steroid dienone is 1. The molecule has 0 radical (unpaired) electrons. The Hall–Kier alpha value is -4.15. The van der Waals surface area contributed by atoms with Crippen LogP contribution < -0.4 is 15.8 Å². The molecular formula is C27H34N8O6S. The highest BCUT2D eigenvalue weighted by Crippen LogP contribution is 2.23. The number of aliphatic hydroxyl groups is 1. The minimum absolute atomic E-state index is 0.242. The molecule has 1 fully saturated rings. The summed E-state index contributed by atoms with van der Waals surface area (Å²) in [6, 6.07) is 13.5. The summed E-state index contributed by atoms with van der Waals surface area (Å²) in [5, 5.41) is 14.1. The number of fused-ring (bicyclic) bond motifs is 1. The summed E-state index contributed by atoms with van der Waals surface area (Å²) in [7, 11) is -2.52. The molecule has 1 aliphatic heterocycles.